The van der Waals surface area contributed by atoms with Crippen molar-refractivity contribution in [3.05, 3.63) is 0 Å². The van der Waals surface area contributed by atoms with Gasteiger partial charge in [0.25, 0.3) is 0 Å². The molecule has 8 aliphatic rings. The second kappa shape index (κ2) is 19.8. The predicted molar refractivity (Wildman–Crippen MR) is 224 cm³/mol. The van der Waals surface area contributed by atoms with Gasteiger partial charge in [-0.05, 0) is 104 Å². The van der Waals surface area contributed by atoms with E-state index in [-0.39, 0.29) is 41.5 Å². The summed E-state index contributed by atoms with van der Waals surface area (Å²) in [5.74, 6) is 1.67. The molecular formula is C46H78O19. The number of hydrogen-bond donors (Lipinski definition) is 11. The summed E-state index contributed by atoms with van der Waals surface area (Å²) in [5, 5.41) is 113. The van der Waals surface area contributed by atoms with Crippen molar-refractivity contribution in [3.63, 3.8) is 0 Å². The largest absolute Gasteiger partial charge is 0.394 e. The summed E-state index contributed by atoms with van der Waals surface area (Å²) in [7, 11) is 1.73. The Hall–Kier alpha value is -0.760. The molecule has 0 aromatic heterocycles. The molecule has 65 heavy (non-hydrogen) atoms. The van der Waals surface area contributed by atoms with Crippen LogP contribution in [0.15, 0.2) is 0 Å². The Morgan fingerprint density at radius 2 is 1.22 bits per heavy atom. The maximum absolute atomic E-state index is 11.2. The molecule has 19 nitrogen and oxygen atoms in total. The van der Waals surface area contributed by atoms with E-state index < -0.39 is 118 Å². The lowest BCUT2D eigenvalue weighted by molar-refractivity contribution is -0.373. The number of hydrogen-bond acceptors (Lipinski definition) is 19. The number of fused-ring (bicyclic) bond motifs is 7. The third-order valence-corrected chi connectivity index (χ3v) is 18.3. The van der Waals surface area contributed by atoms with Crippen LogP contribution in [-0.4, -0.2) is 200 Å². The van der Waals surface area contributed by atoms with E-state index in [0.29, 0.717) is 48.9 Å². The second-order valence-corrected chi connectivity index (χ2v) is 21.6. The molecule has 0 aromatic rings. The zero-order chi connectivity index (χ0) is 46.9. The van der Waals surface area contributed by atoms with Crippen molar-refractivity contribution in [3.8, 4) is 0 Å². The molecule has 4 saturated carbocycles. The summed E-state index contributed by atoms with van der Waals surface area (Å²) in [6.45, 7) is 7.69. The number of aliphatic hydroxyl groups is 11. The first-order valence-electron chi connectivity index (χ1n) is 24.2. The zero-order valence-electron chi connectivity index (χ0n) is 38.4. The molecule has 4 aliphatic heterocycles. The van der Waals surface area contributed by atoms with Gasteiger partial charge in [-0.25, -0.2) is 0 Å². The van der Waals surface area contributed by atoms with E-state index in [2.05, 4.69) is 20.8 Å². The van der Waals surface area contributed by atoms with E-state index >= 15 is 0 Å². The quantitative estimate of drug-likeness (QED) is 0.0920. The van der Waals surface area contributed by atoms with Crippen LogP contribution in [-0.2, 0) is 37.9 Å². The summed E-state index contributed by atoms with van der Waals surface area (Å²) >= 11 is 0. The number of ether oxygens (including phenoxy) is 8. The first-order valence-corrected chi connectivity index (χ1v) is 24.2. The molecule has 4 aliphatic carbocycles. The lowest BCUT2D eigenvalue weighted by Gasteiger charge is -2.61. The van der Waals surface area contributed by atoms with Crippen LogP contribution in [0.5, 0.6) is 0 Å². The molecule has 4 heterocycles. The molecule has 0 radical (unpaired) electrons. The summed E-state index contributed by atoms with van der Waals surface area (Å²) in [4.78, 5) is 0. The molecular weight excluding hydrogens is 856 g/mol. The van der Waals surface area contributed by atoms with Gasteiger partial charge in [-0.3, -0.25) is 0 Å². The standard InChI is InChI=1S/C46H78O19/c1-20(19-59-41-38(56)35(53)32(50)28(16-47)61-41)8-13-46(58-5)21(2)31-27(65-46)15-26-24-7-6-22-14-23(9-11-44(22,3)25(24)10-12-45(26,31)4)60-43-40(37(55)34(52)30(18-49)63-43)64-42-39(57)36(54)33(51)29(17-48)62-42/h20-43,47-57H,6-19H2,1-5H3/t20-,21-,22+,23-,24?,25?,26?,27?,28+,29+,30+,31?,32+,33+,34-,35+,36+,37+,38+,39+,40+,41+,42-,43+,44-,45-,46?/m0/s1. The highest BCUT2D eigenvalue weighted by Gasteiger charge is 2.69. The van der Waals surface area contributed by atoms with Crippen molar-refractivity contribution in [2.24, 2.45) is 52.3 Å². The minimum Gasteiger partial charge on any atom is -0.394 e. The van der Waals surface area contributed by atoms with E-state index in [1.807, 2.05) is 6.92 Å². The highest BCUT2D eigenvalue weighted by molar-refractivity contribution is 5.15. The number of aliphatic hydroxyl groups excluding tert-OH is 11. The van der Waals surface area contributed by atoms with Crippen molar-refractivity contribution in [1.29, 1.82) is 0 Å². The summed E-state index contributed by atoms with van der Waals surface area (Å²) in [6.07, 6.45) is -12.7. The van der Waals surface area contributed by atoms with Crippen LogP contribution >= 0.6 is 0 Å². The van der Waals surface area contributed by atoms with Crippen LogP contribution in [0.3, 0.4) is 0 Å². The highest BCUT2D eigenvalue weighted by Crippen LogP contribution is 2.71. The molecule has 0 amide bonds. The maximum atomic E-state index is 11.2. The van der Waals surface area contributed by atoms with E-state index in [0.717, 1.165) is 44.9 Å². The molecule has 6 unspecified atom stereocenters. The van der Waals surface area contributed by atoms with Gasteiger partial charge in [0.1, 0.15) is 73.2 Å². The maximum Gasteiger partial charge on any atom is 0.187 e. The number of methoxy groups -OCH3 is 1. The van der Waals surface area contributed by atoms with Crippen LogP contribution in [0.1, 0.15) is 91.9 Å². The monoisotopic (exact) mass is 935 g/mol. The fourth-order valence-corrected chi connectivity index (χ4v) is 14.5. The average molecular weight is 935 g/mol. The van der Waals surface area contributed by atoms with Gasteiger partial charge in [0, 0.05) is 19.4 Å². The molecule has 8 rings (SSSR count). The SMILES string of the molecule is COC1(CC[C@H](C)CO[C@@H]2O[C@H](CO)[C@@H](O)[C@@H](O)[C@H]2O)OC2CC3C4CC[C@@H]5C[C@@H](O[C@@H]6O[C@H](CO)[C@H](O)[C@@H](O)[C@H]6O[C@@H]6O[C@H](CO)[C@@H](O)[C@@H](O)[C@H]6O)CC[C@]5(C)C4CC[C@]3(C)C2[C@@H]1C. The van der Waals surface area contributed by atoms with E-state index in [4.69, 9.17) is 37.9 Å². The Morgan fingerprint density at radius 3 is 1.85 bits per heavy atom. The molecule has 11 N–H and O–H groups in total. The Kier molecular flexibility index (Phi) is 15.4. The molecule has 0 aromatic carbocycles. The zero-order valence-corrected chi connectivity index (χ0v) is 38.4. The first kappa shape index (κ1) is 50.6. The van der Waals surface area contributed by atoms with Gasteiger partial charge >= 0.3 is 0 Å². The van der Waals surface area contributed by atoms with Gasteiger partial charge < -0.3 is 94.1 Å². The normalized spacial score (nSPS) is 54.9. The molecule has 0 spiro atoms. The van der Waals surface area contributed by atoms with Crippen molar-refractivity contribution >= 4 is 0 Å². The molecule has 27 atom stereocenters. The topological polar surface area (TPSA) is 296 Å². The lowest BCUT2D eigenvalue weighted by Crippen LogP contribution is -2.65. The fourth-order valence-electron chi connectivity index (χ4n) is 14.5. The summed E-state index contributed by atoms with van der Waals surface area (Å²) < 4.78 is 48.8. The van der Waals surface area contributed by atoms with Gasteiger partial charge in [-0.15, -0.1) is 0 Å². The highest BCUT2D eigenvalue weighted by atomic mass is 16.8. The molecule has 4 saturated heterocycles. The van der Waals surface area contributed by atoms with E-state index in [1.165, 1.54) is 0 Å². The molecule has 0 bridgehead atoms. The molecule has 376 valence electrons. The fraction of sp³-hybridized carbons (Fsp3) is 1.00. The third kappa shape index (κ3) is 8.90. The summed E-state index contributed by atoms with van der Waals surface area (Å²) in [5.41, 5.74) is 0.150. The van der Waals surface area contributed by atoms with Crippen LogP contribution in [0.25, 0.3) is 0 Å². The van der Waals surface area contributed by atoms with Crippen molar-refractivity contribution in [2.75, 3.05) is 33.5 Å². The third-order valence-electron chi connectivity index (χ3n) is 18.3. The second-order valence-electron chi connectivity index (χ2n) is 21.6. The first-order chi connectivity index (χ1) is 30.9. The van der Waals surface area contributed by atoms with Gasteiger partial charge in [0.05, 0.1) is 38.6 Å². The van der Waals surface area contributed by atoms with Gasteiger partial charge in [-0.1, -0.05) is 27.7 Å². The van der Waals surface area contributed by atoms with Crippen LogP contribution in [0.4, 0.5) is 0 Å². The van der Waals surface area contributed by atoms with E-state index in [1.54, 1.807) is 7.11 Å². The Labute approximate surface area is 381 Å². The average Bonchev–Trinajstić information content (AvgIpc) is 3.76. The van der Waals surface area contributed by atoms with Crippen LogP contribution < -0.4 is 0 Å². The summed E-state index contributed by atoms with van der Waals surface area (Å²) in [6, 6.07) is 0. The smallest absolute Gasteiger partial charge is 0.187 e. The van der Waals surface area contributed by atoms with Crippen molar-refractivity contribution in [1.82, 2.24) is 0 Å². The van der Waals surface area contributed by atoms with Gasteiger partial charge in [0.2, 0.25) is 0 Å². The van der Waals surface area contributed by atoms with Crippen LogP contribution in [0, 0.1) is 52.3 Å². The minimum atomic E-state index is -1.74. The lowest BCUT2D eigenvalue weighted by atomic mass is 9.44. The number of rotatable bonds is 14. The van der Waals surface area contributed by atoms with E-state index in [9.17, 15) is 56.2 Å². The Morgan fingerprint density at radius 1 is 0.631 bits per heavy atom. The Bertz CT molecular complexity index is 1580. The van der Waals surface area contributed by atoms with Gasteiger partial charge in [0.15, 0.2) is 24.7 Å². The minimum absolute atomic E-state index is 0.0271. The molecule has 8 fully saturated rings. The van der Waals surface area contributed by atoms with Crippen LogP contribution in [0.2, 0.25) is 0 Å². The van der Waals surface area contributed by atoms with Crippen molar-refractivity contribution < 1.29 is 94.1 Å². The molecule has 19 heteroatoms. The predicted octanol–water partition coefficient (Wildman–Crippen LogP) is -1.13. The van der Waals surface area contributed by atoms with Gasteiger partial charge in [-0.2, -0.15) is 0 Å². The Balaban J connectivity index is 0.880. The van der Waals surface area contributed by atoms with Crippen molar-refractivity contribution in [2.45, 2.75) is 202 Å².